The molecule has 2 aliphatic rings. The fourth-order valence-electron chi connectivity index (χ4n) is 2.76. The van der Waals surface area contributed by atoms with Crippen molar-refractivity contribution in [2.24, 2.45) is 16.8 Å². The van der Waals surface area contributed by atoms with Crippen LogP contribution in [0.2, 0.25) is 0 Å². The Morgan fingerprint density at radius 1 is 1.24 bits per heavy atom. The van der Waals surface area contributed by atoms with Gasteiger partial charge in [-0.1, -0.05) is 39.0 Å². The smallest absolute Gasteiger partial charge is 0.191 e. The summed E-state index contributed by atoms with van der Waals surface area (Å²) >= 11 is 0. The molecule has 98 valence electrons. The van der Waals surface area contributed by atoms with E-state index in [4.69, 9.17) is 0 Å². The van der Waals surface area contributed by atoms with Crippen molar-refractivity contribution in [3.63, 3.8) is 0 Å². The molecule has 0 amide bonds. The molecule has 0 spiro atoms. The average Bonchev–Trinajstić information content (AvgIpc) is 3.05. The van der Waals surface area contributed by atoms with E-state index in [0.717, 1.165) is 24.3 Å². The zero-order valence-corrected chi connectivity index (χ0v) is 11.3. The van der Waals surface area contributed by atoms with Crippen LogP contribution in [0.3, 0.4) is 0 Å². The minimum absolute atomic E-state index is 0.663. The van der Waals surface area contributed by atoms with Crippen LogP contribution in [0.15, 0.2) is 4.99 Å². The van der Waals surface area contributed by atoms with Crippen LogP contribution in [0, 0.1) is 11.8 Å². The molecule has 2 N–H and O–H groups in total. The summed E-state index contributed by atoms with van der Waals surface area (Å²) in [6.45, 7) is 3.36. The van der Waals surface area contributed by atoms with Crippen LogP contribution in [0.4, 0.5) is 0 Å². The molecule has 0 heterocycles. The largest absolute Gasteiger partial charge is 0.356 e. The molecule has 0 aliphatic heterocycles. The van der Waals surface area contributed by atoms with Crippen LogP contribution >= 0.6 is 0 Å². The molecule has 0 aromatic carbocycles. The molecule has 3 nitrogen and oxygen atoms in total. The summed E-state index contributed by atoms with van der Waals surface area (Å²) in [5, 5.41) is 6.91. The van der Waals surface area contributed by atoms with E-state index in [0.29, 0.717) is 6.04 Å². The summed E-state index contributed by atoms with van der Waals surface area (Å²) < 4.78 is 0. The van der Waals surface area contributed by atoms with E-state index in [1.165, 1.54) is 44.9 Å². The highest BCUT2D eigenvalue weighted by Gasteiger charge is 2.33. The van der Waals surface area contributed by atoms with Crippen LogP contribution < -0.4 is 10.6 Å². The SMILES string of the molecule is CN=C(NCCC1CCCCC1)NC1CC1C. The first kappa shape index (κ1) is 12.7. The highest BCUT2D eigenvalue weighted by molar-refractivity contribution is 5.80. The minimum atomic E-state index is 0.663. The molecule has 2 fully saturated rings. The number of hydrogen-bond donors (Lipinski definition) is 2. The summed E-state index contributed by atoms with van der Waals surface area (Å²) in [6.07, 6.45) is 9.81. The van der Waals surface area contributed by atoms with Crippen molar-refractivity contribution in [1.29, 1.82) is 0 Å². The summed E-state index contributed by atoms with van der Waals surface area (Å²) in [7, 11) is 1.86. The molecule has 0 saturated heterocycles. The number of hydrogen-bond acceptors (Lipinski definition) is 1. The third-order valence-corrected chi connectivity index (χ3v) is 4.22. The van der Waals surface area contributed by atoms with Crippen LogP contribution in [0.25, 0.3) is 0 Å². The molecule has 2 unspecified atom stereocenters. The second-order valence-corrected chi connectivity index (χ2v) is 5.76. The molecule has 2 rings (SSSR count). The molecular formula is C14H27N3. The predicted molar refractivity (Wildman–Crippen MR) is 73.3 cm³/mol. The first-order chi connectivity index (χ1) is 8.29. The number of aliphatic imine (C=N–C) groups is 1. The average molecular weight is 237 g/mol. The molecule has 3 heteroatoms. The van der Waals surface area contributed by atoms with Crippen molar-refractivity contribution in [1.82, 2.24) is 10.6 Å². The zero-order valence-electron chi connectivity index (χ0n) is 11.3. The Morgan fingerprint density at radius 2 is 1.94 bits per heavy atom. The Bertz CT molecular complexity index is 256. The van der Waals surface area contributed by atoms with Crippen molar-refractivity contribution in [2.75, 3.05) is 13.6 Å². The van der Waals surface area contributed by atoms with Gasteiger partial charge in [-0.2, -0.15) is 0 Å². The second-order valence-electron chi connectivity index (χ2n) is 5.76. The lowest BCUT2D eigenvalue weighted by atomic mass is 9.87. The van der Waals surface area contributed by atoms with Gasteiger partial charge >= 0.3 is 0 Å². The van der Waals surface area contributed by atoms with Crippen LogP contribution in [-0.4, -0.2) is 25.6 Å². The van der Waals surface area contributed by atoms with Crippen molar-refractivity contribution < 1.29 is 0 Å². The molecule has 2 saturated carbocycles. The van der Waals surface area contributed by atoms with Gasteiger partial charge in [0.2, 0.25) is 0 Å². The number of rotatable bonds is 4. The maximum absolute atomic E-state index is 4.28. The van der Waals surface area contributed by atoms with Crippen molar-refractivity contribution in [2.45, 2.75) is 57.9 Å². The van der Waals surface area contributed by atoms with Gasteiger partial charge in [-0.15, -0.1) is 0 Å². The molecule has 2 atom stereocenters. The lowest BCUT2D eigenvalue weighted by Crippen LogP contribution is -2.39. The molecule has 0 aromatic heterocycles. The lowest BCUT2D eigenvalue weighted by molar-refractivity contribution is 0.339. The lowest BCUT2D eigenvalue weighted by Gasteiger charge is -2.22. The van der Waals surface area contributed by atoms with Gasteiger partial charge in [0.05, 0.1) is 0 Å². The van der Waals surface area contributed by atoms with Gasteiger partial charge in [0.15, 0.2) is 5.96 Å². The minimum Gasteiger partial charge on any atom is -0.356 e. The third-order valence-electron chi connectivity index (χ3n) is 4.22. The van der Waals surface area contributed by atoms with Crippen LogP contribution in [-0.2, 0) is 0 Å². The molecule has 0 bridgehead atoms. The van der Waals surface area contributed by atoms with Gasteiger partial charge in [0.1, 0.15) is 0 Å². The van der Waals surface area contributed by atoms with E-state index in [2.05, 4.69) is 22.5 Å². The Morgan fingerprint density at radius 3 is 2.53 bits per heavy atom. The molecule has 0 aromatic rings. The van der Waals surface area contributed by atoms with E-state index < -0.39 is 0 Å². The Kier molecular flexibility index (Phi) is 4.69. The van der Waals surface area contributed by atoms with E-state index in [-0.39, 0.29) is 0 Å². The van der Waals surface area contributed by atoms with Crippen LogP contribution in [0.1, 0.15) is 51.9 Å². The molecular weight excluding hydrogens is 210 g/mol. The first-order valence-corrected chi connectivity index (χ1v) is 7.26. The fraction of sp³-hybridized carbons (Fsp3) is 0.929. The van der Waals surface area contributed by atoms with Crippen LogP contribution in [0.5, 0.6) is 0 Å². The number of guanidine groups is 1. The summed E-state index contributed by atoms with van der Waals surface area (Å²) in [4.78, 5) is 4.28. The predicted octanol–water partition coefficient (Wildman–Crippen LogP) is 2.53. The highest BCUT2D eigenvalue weighted by Crippen LogP contribution is 2.28. The third kappa shape index (κ3) is 4.21. The van der Waals surface area contributed by atoms with Gasteiger partial charge < -0.3 is 10.6 Å². The van der Waals surface area contributed by atoms with Gasteiger partial charge in [-0.05, 0) is 24.7 Å². The molecule has 17 heavy (non-hydrogen) atoms. The van der Waals surface area contributed by atoms with E-state index >= 15 is 0 Å². The van der Waals surface area contributed by atoms with Crippen molar-refractivity contribution >= 4 is 5.96 Å². The standard InChI is InChI=1S/C14H27N3/c1-11-10-13(11)17-14(15-2)16-9-8-12-6-4-3-5-7-12/h11-13H,3-10H2,1-2H3,(H2,15,16,17). The highest BCUT2D eigenvalue weighted by atomic mass is 15.2. The van der Waals surface area contributed by atoms with Gasteiger partial charge in [0, 0.05) is 19.6 Å². The molecule has 2 aliphatic carbocycles. The monoisotopic (exact) mass is 237 g/mol. The fourth-order valence-corrected chi connectivity index (χ4v) is 2.76. The summed E-state index contributed by atoms with van der Waals surface area (Å²) in [5.41, 5.74) is 0. The topological polar surface area (TPSA) is 36.4 Å². The molecule has 0 radical (unpaired) electrons. The van der Waals surface area contributed by atoms with E-state index in [1.807, 2.05) is 7.05 Å². The van der Waals surface area contributed by atoms with Crippen molar-refractivity contribution in [3.8, 4) is 0 Å². The Hall–Kier alpha value is -0.730. The summed E-state index contributed by atoms with van der Waals surface area (Å²) in [6, 6.07) is 0.663. The Balaban J connectivity index is 1.59. The normalized spacial score (nSPS) is 30.1. The zero-order chi connectivity index (χ0) is 12.1. The Labute approximate surface area is 105 Å². The first-order valence-electron chi connectivity index (χ1n) is 7.26. The van der Waals surface area contributed by atoms with E-state index in [1.54, 1.807) is 0 Å². The quantitative estimate of drug-likeness (QED) is 0.582. The summed E-state index contributed by atoms with van der Waals surface area (Å²) in [5.74, 6) is 2.77. The van der Waals surface area contributed by atoms with Crippen molar-refractivity contribution in [3.05, 3.63) is 0 Å². The maximum Gasteiger partial charge on any atom is 0.191 e. The number of nitrogens with zero attached hydrogens (tertiary/aromatic N) is 1. The van der Waals surface area contributed by atoms with E-state index in [9.17, 15) is 0 Å². The second kappa shape index (κ2) is 6.27. The maximum atomic E-state index is 4.28. The van der Waals surface area contributed by atoms with Gasteiger partial charge in [-0.25, -0.2) is 0 Å². The van der Waals surface area contributed by atoms with Gasteiger partial charge in [-0.3, -0.25) is 4.99 Å². The van der Waals surface area contributed by atoms with Gasteiger partial charge in [0.25, 0.3) is 0 Å². The number of nitrogens with one attached hydrogen (secondary N) is 2.